The van der Waals surface area contributed by atoms with Gasteiger partial charge in [-0.3, -0.25) is 9.59 Å². The van der Waals surface area contributed by atoms with Crippen LogP contribution in [0.4, 0.5) is 5.69 Å². The van der Waals surface area contributed by atoms with E-state index in [0.29, 0.717) is 10.7 Å². The van der Waals surface area contributed by atoms with E-state index in [4.69, 9.17) is 11.6 Å². The number of hydrogen-bond donors (Lipinski definition) is 0. The van der Waals surface area contributed by atoms with Crippen LogP contribution in [-0.2, 0) is 9.59 Å². The Kier molecular flexibility index (Phi) is 4.86. The molecule has 168 valence electrons. The van der Waals surface area contributed by atoms with Crippen LogP contribution in [0.2, 0.25) is 5.02 Å². The quantitative estimate of drug-likeness (QED) is 0.332. The summed E-state index contributed by atoms with van der Waals surface area (Å²) in [6.45, 7) is 4.16. The monoisotopic (exact) mass is 465 g/mol. The molecular formula is C30H24ClNO2. The number of rotatable bonds is 3. The highest BCUT2D eigenvalue weighted by molar-refractivity contribution is 6.31. The summed E-state index contributed by atoms with van der Waals surface area (Å²) in [5, 5.41) is 0.512. The minimum Gasteiger partial charge on any atom is -0.274 e. The average Bonchev–Trinajstić information content (AvgIpc) is 3.46. The van der Waals surface area contributed by atoms with Gasteiger partial charge >= 0.3 is 0 Å². The third-order valence-corrected chi connectivity index (χ3v) is 7.69. The molecule has 2 amide bonds. The average molecular weight is 466 g/mol. The summed E-state index contributed by atoms with van der Waals surface area (Å²) in [4.78, 5) is 28.6. The van der Waals surface area contributed by atoms with E-state index in [1.807, 2.05) is 0 Å². The second-order valence-corrected chi connectivity index (χ2v) is 9.98. The number of halogens is 1. The Labute approximate surface area is 204 Å². The molecule has 1 heterocycles. The van der Waals surface area contributed by atoms with E-state index in [0.717, 1.165) is 16.7 Å². The van der Waals surface area contributed by atoms with Gasteiger partial charge in [-0.25, -0.2) is 4.90 Å². The van der Waals surface area contributed by atoms with Crippen LogP contribution in [0, 0.1) is 37.5 Å². The Hall–Kier alpha value is -3.43. The van der Waals surface area contributed by atoms with Crippen molar-refractivity contribution >= 4 is 34.7 Å². The van der Waals surface area contributed by atoms with Crippen molar-refractivity contribution in [2.24, 2.45) is 23.7 Å². The number of fused-ring (bicyclic) bond motifs is 5. The van der Waals surface area contributed by atoms with E-state index in [9.17, 15) is 9.59 Å². The second-order valence-electron chi connectivity index (χ2n) is 9.54. The largest absolute Gasteiger partial charge is 0.274 e. The van der Waals surface area contributed by atoms with Gasteiger partial charge in [-0.1, -0.05) is 89.5 Å². The van der Waals surface area contributed by atoms with E-state index in [1.54, 1.807) is 24.3 Å². The Morgan fingerprint density at radius 2 is 1.24 bits per heavy atom. The molecule has 0 N–H and O–H groups in total. The van der Waals surface area contributed by atoms with Gasteiger partial charge in [-0.05, 0) is 54.3 Å². The van der Waals surface area contributed by atoms with Crippen LogP contribution < -0.4 is 4.90 Å². The summed E-state index contributed by atoms with van der Waals surface area (Å²) in [6, 6.07) is 24.0. The van der Waals surface area contributed by atoms with Crippen molar-refractivity contribution in [1.29, 1.82) is 0 Å². The van der Waals surface area contributed by atoms with Gasteiger partial charge in [0.1, 0.15) is 0 Å². The molecule has 2 aliphatic carbocycles. The third kappa shape index (κ3) is 3.11. The zero-order valence-electron chi connectivity index (χ0n) is 19.0. The molecule has 0 spiro atoms. The van der Waals surface area contributed by atoms with Crippen LogP contribution in [-0.4, -0.2) is 11.8 Å². The van der Waals surface area contributed by atoms with Gasteiger partial charge in [0.2, 0.25) is 11.8 Å². The molecule has 3 aromatic carbocycles. The Morgan fingerprint density at radius 3 is 1.71 bits per heavy atom. The molecule has 1 saturated carbocycles. The number of carbonyl (C=O) groups is 2. The van der Waals surface area contributed by atoms with Crippen molar-refractivity contribution < 1.29 is 9.59 Å². The summed E-state index contributed by atoms with van der Waals surface area (Å²) in [5.74, 6) is -1.18. The summed E-state index contributed by atoms with van der Waals surface area (Å²) in [7, 11) is 0. The van der Waals surface area contributed by atoms with Gasteiger partial charge in [-0.15, -0.1) is 0 Å². The number of amides is 2. The Morgan fingerprint density at radius 1 is 0.735 bits per heavy atom. The molecule has 1 saturated heterocycles. The lowest BCUT2D eigenvalue weighted by atomic mass is 9.85. The van der Waals surface area contributed by atoms with Crippen molar-refractivity contribution in [3.8, 4) is 0 Å². The Bertz CT molecular complexity index is 1300. The first-order chi connectivity index (χ1) is 16.4. The fourth-order valence-corrected chi connectivity index (χ4v) is 6.09. The highest BCUT2D eigenvalue weighted by atomic mass is 35.5. The number of aryl methyl sites for hydroxylation is 2. The SMILES string of the molecule is Cc1ccc(C(=C2[C@H]3C=C[C@H]2[C@H]2C(=O)N(c4cccc(Cl)c4)C(=O)[C@H]23)c2ccc(C)cc2)cc1. The lowest BCUT2D eigenvalue weighted by Crippen LogP contribution is -2.33. The van der Waals surface area contributed by atoms with Crippen molar-refractivity contribution in [1.82, 2.24) is 0 Å². The van der Waals surface area contributed by atoms with Crippen LogP contribution in [0.25, 0.3) is 5.57 Å². The molecule has 4 atom stereocenters. The fraction of sp³-hybridized carbons (Fsp3) is 0.200. The predicted octanol–water partition coefficient (Wildman–Crippen LogP) is 6.38. The van der Waals surface area contributed by atoms with Crippen LogP contribution in [0.1, 0.15) is 22.3 Å². The molecule has 1 aliphatic heterocycles. The minimum atomic E-state index is -0.373. The molecule has 0 radical (unpaired) electrons. The molecule has 3 aliphatic rings. The van der Waals surface area contributed by atoms with E-state index in [1.165, 1.54) is 21.6 Å². The first-order valence-corrected chi connectivity index (χ1v) is 12.0. The van der Waals surface area contributed by atoms with Crippen LogP contribution in [0.15, 0.2) is 90.5 Å². The zero-order valence-corrected chi connectivity index (χ0v) is 19.8. The first-order valence-electron chi connectivity index (χ1n) is 11.6. The highest BCUT2D eigenvalue weighted by Gasteiger charge is 2.62. The van der Waals surface area contributed by atoms with Gasteiger partial charge < -0.3 is 0 Å². The van der Waals surface area contributed by atoms with Gasteiger partial charge in [0.05, 0.1) is 17.5 Å². The topological polar surface area (TPSA) is 37.4 Å². The normalized spacial score (nSPS) is 24.8. The van der Waals surface area contributed by atoms with Crippen LogP contribution in [0.3, 0.4) is 0 Å². The maximum Gasteiger partial charge on any atom is 0.238 e. The standard InChI is InChI=1S/C30H24ClNO2/c1-17-6-10-19(11-7-17)25(20-12-8-18(2)9-13-20)26-23-14-15-24(26)28-27(23)29(33)32(30(28)34)22-5-3-4-21(31)16-22/h3-16,23-24,27-28H,1-2H3/t23-,24-,27-,28+/m1/s1. The van der Waals surface area contributed by atoms with Crippen LogP contribution in [0.5, 0.6) is 0 Å². The number of anilines is 1. The van der Waals surface area contributed by atoms with Crippen molar-refractivity contribution in [3.05, 3.63) is 118 Å². The molecule has 34 heavy (non-hydrogen) atoms. The molecule has 0 unspecified atom stereocenters. The molecule has 4 heteroatoms. The zero-order chi connectivity index (χ0) is 23.6. The van der Waals surface area contributed by atoms with Gasteiger partial charge in [0.15, 0.2) is 0 Å². The van der Waals surface area contributed by atoms with Crippen molar-refractivity contribution in [2.45, 2.75) is 13.8 Å². The summed E-state index contributed by atoms with van der Waals surface area (Å²) in [5.41, 5.74) is 7.52. The number of benzene rings is 3. The van der Waals surface area contributed by atoms with Crippen LogP contribution >= 0.6 is 11.6 Å². The molecule has 0 aromatic heterocycles. The number of hydrogen-bond acceptors (Lipinski definition) is 2. The lowest BCUT2D eigenvalue weighted by Gasteiger charge is -2.22. The maximum absolute atomic E-state index is 13.6. The summed E-state index contributed by atoms with van der Waals surface area (Å²) in [6.07, 6.45) is 4.27. The molecule has 2 bridgehead atoms. The van der Waals surface area contributed by atoms with Gasteiger partial charge in [0.25, 0.3) is 0 Å². The Balaban J connectivity index is 1.49. The number of carbonyl (C=O) groups excluding carboxylic acids is 2. The summed E-state index contributed by atoms with van der Waals surface area (Å²) >= 11 is 6.16. The first kappa shape index (κ1) is 21.1. The molecule has 3 nitrogen and oxygen atoms in total. The highest BCUT2D eigenvalue weighted by Crippen LogP contribution is 2.58. The van der Waals surface area contributed by atoms with Crippen molar-refractivity contribution in [2.75, 3.05) is 4.90 Å². The number of imide groups is 1. The van der Waals surface area contributed by atoms with E-state index >= 15 is 0 Å². The van der Waals surface area contributed by atoms with E-state index < -0.39 is 0 Å². The molecule has 6 rings (SSSR count). The lowest BCUT2D eigenvalue weighted by molar-refractivity contribution is -0.122. The summed E-state index contributed by atoms with van der Waals surface area (Å²) < 4.78 is 0. The fourth-order valence-electron chi connectivity index (χ4n) is 5.91. The van der Waals surface area contributed by atoms with Gasteiger partial charge in [0, 0.05) is 16.9 Å². The number of nitrogens with zero attached hydrogens (tertiary/aromatic N) is 1. The van der Waals surface area contributed by atoms with Crippen molar-refractivity contribution in [3.63, 3.8) is 0 Å². The van der Waals surface area contributed by atoms with E-state index in [-0.39, 0.29) is 35.5 Å². The van der Waals surface area contributed by atoms with E-state index in [2.05, 4.69) is 74.5 Å². The minimum absolute atomic E-state index is 0.0896. The number of allylic oxidation sites excluding steroid dienone is 3. The second kappa shape index (κ2) is 7.82. The van der Waals surface area contributed by atoms with Gasteiger partial charge in [-0.2, -0.15) is 0 Å². The predicted molar refractivity (Wildman–Crippen MR) is 135 cm³/mol. The molecule has 2 fully saturated rings. The molecular weight excluding hydrogens is 442 g/mol. The maximum atomic E-state index is 13.6. The third-order valence-electron chi connectivity index (χ3n) is 7.45. The smallest absolute Gasteiger partial charge is 0.238 e. The molecule has 3 aromatic rings.